The summed E-state index contributed by atoms with van der Waals surface area (Å²) in [5, 5.41) is 11.4. The van der Waals surface area contributed by atoms with Crippen LogP contribution in [0.2, 0.25) is 0 Å². The fraction of sp³-hybridized carbons (Fsp3) is 0.560. The van der Waals surface area contributed by atoms with Crippen molar-refractivity contribution in [3.8, 4) is 5.75 Å². The van der Waals surface area contributed by atoms with Crippen LogP contribution in [0.25, 0.3) is 0 Å². The van der Waals surface area contributed by atoms with Crippen LogP contribution in [0.4, 0.5) is 17.6 Å². The highest BCUT2D eigenvalue weighted by Crippen LogP contribution is 2.29. The molecule has 0 aromatic heterocycles. The number of carbonyl (C=O) groups excluding carboxylic acids is 4. The molecule has 1 aromatic rings. The number of piperidine rings is 1. The van der Waals surface area contributed by atoms with Crippen LogP contribution in [-0.4, -0.2) is 65.1 Å². The van der Waals surface area contributed by atoms with E-state index in [4.69, 9.17) is 5.11 Å². The molecule has 3 rings (SSSR count). The van der Waals surface area contributed by atoms with E-state index in [0.717, 1.165) is 25.7 Å². The van der Waals surface area contributed by atoms with Gasteiger partial charge in [0, 0.05) is 25.6 Å². The molecule has 2 aliphatic rings. The Morgan fingerprint density at radius 2 is 1.63 bits per heavy atom. The topological polar surface area (TPSA) is 130 Å². The molecule has 208 valence electrons. The third-order valence-electron chi connectivity index (χ3n) is 6.78. The van der Waals surface area contributed by atoms with Gasteiger partial charge in [0.15, 0.2) is 23.2 Å². The number of carboxylic acids is 1. The van der Waals surface area contributed by atoms with Gasteiger partial charge in [0.05, 0.1) is 12.3 Å². The van der Waals surface area contributed by atoms with Crippen LogP contribution < -0.4 is 10.1 Å². The number of amides is 2. The zero-order valence-corrected chi connectivity index (χ0v) is 20.4. The Morgan fingerprint density at radius 1 is 1.00 bits per heavy atom. The number of nitrogens with one attached hydrogen (secondary N) is 1. The minimum atomic E-state index is -1.88. The normalized spacial score (nSPS) is 18.6. The molecule has 0 bridgehead atoms. The van der Waals surface area contributed by atoms with Crippen LogP contribution in [0.1, 0.15) is 51.4 Å². The number of halogens is 4. The first kappa shape index (κ1) is 29.1. The van der Waals surface area contributed by atoms with Crippen molar-refractivity contribution in [1.29, 1.82) is 0 Å². The van der Waals surface area contributed by atoms with Crippen LogP contribution in [-0.2, 0) is 24.0 Å². The largest absolute Gasteiger partial charge is 0.481 e. The van der Waals surface area contributed by atoms with Gasteiger partial charge in [-0.25, -0.2) is 8.78 Å². The van der Waals surface area contributed by atoms with E-state index in [1.807, 2.05) is 0 Å². The number of hydrogen-bond donors (Lipinski definition) is 2. The minimum absolute atomic E-state index is 0.0483. The van der Waals surface area contributed by atoms with Crippen LogP contribution in [0.3, 0.4) is 0 Å². The number of ketones is 2. The second-order valence-electron chi connectivity index (χ2n) is 9.58. The lowest BCUT2D eigenvalue weighted by Gasteiger charge is -2.32. The van der Waals surface area contributed by atoms with Gasteiger partial charge >= 0.3 is 5.97 Å². The van der Waals surface area contributed by atoms with E-state index < -0.39 is 83.4 Å². The van der Waals surface area contributed by atoms with Crippen molar-refractivity contribution in [3.63, 3.8) is 0 Å². The molecule has 38 heavy (non-hydrogen) atoms. The van der Waals surface area contributed by atoms with Crippen LogP contribution in [0.15, 0.2) is 6.07 Å². The molecule has 9 nitrogen and oxygen atoms in total. The highest BCUT2D eigenvalue weighted by atomic mass is 19.2. The number of hydrogen-bond acceptors (Lipinski definition) is 6. The molecule has 1 aliphatic carbocycles. The molecular formula is C25H28F4N2O7. The predicted octanol–water partition coefficient (Wildman–Crippen LogP) is 2.54. The number of likely N-dealkylation sites (tertiary alicyclic amines) is 1. The Labute approximate surface area is 215 Å². The number of rotatable bonds is 11. The Balaban J connectivity index is 1.61. The van der Waals surface area contributed by atoms with E-state index in [-0.39, 0.29) is 31.5 Å². The summed E-state index contributed by atoms with van der Waals surface area (Å²) in [7, 11) is 0. The minimum Gasteiger partial charge on any atom is -0.481 e. The molecule has 2 fully saturated rings. The average Bonchev–Trinajstić information content (AvgIpc) is 3.39. The van der Waals surface area contributed by atoms with Gasteiger partial charge < -0.3 is 20.1 Å². The summed E-state index contributed by atoms with van der Waals surface area (Å²) in [6.07, 6.45) is 3.75. The summed E-state index contributed by atoms with van der Waals surface area (Å²) in [6.45, 7) is -1.03. The van der Waals surface area contributed by atoms with Crippen molar-refractivity contribution in [2.24, 2.45) is 11.8 Å². The molecule has 2 amide bonds. The van der Waals surface area contributed by atoms with E-state index in [1.165, 1.54) is 4.90 Å². The summed E-state index contributed by atoms with van der Waals surface area (Å²) in [6, 6.07) is -1.74. The highest BCUT2D eigenvalue weighted by molar-refractivity contribution is 6.36. The van der Waals surface area contributed by atoms with Gasteiger partial charge in [-0.05, 0) is 18.8 Å². The van der Waals surface area contributed by atoms with Gasteiger partial charge in [0.1, 0.15) is 12.6 Å². The molecule has 13 heteroatoms. The lowest BCUT2D eigenvalue weighted by atomic mass is 9.95. The number of carboxylic acid groups (broad SMARTS) is 1. The van der Waals surface area contributed by atoms with E-state index >= 15 is 0 Å². The number of ether oxygens (including phenoxy) is 1. The Kier molecular flexibility index (Phi) is 9.81. The standard InChI is InChI=1S/C25H28F4N2O7/c26-15-9-16(27)22(29)23(21(15)28)38-12-19(33)17(10-20(34)35)30-24(36)14-6-3-7-31(11-14)25(37)18(32)8-13-4-1-2-5-13/h9,13-14,17H,1-8,10-12H2,(H,30,36)(H,34,35)/t14-,17+/m1/s1. The second kappa shape index (κ2) is 12.8. The maximum atomic E-state index is 13.8. The highest BCUT2D eigenvalue weighted by Gasteiger charge is 2.34. The zero-order valence-electron chi connectivity index (χ0n) is 20.4. The molecule has 1 heterocycles. The van der Waals surface area contributed by atoms with Gasteiger partial charge in [-0.1, -0.05) is 25.7 Å². The fourth-order valence-corrected chi connectivity index (χ4v) is 4.75. The molecule has 1 saturated heterocycles. The third-order valence-corrected chi connectivity index (χ3v) is 6.78. The van der Waals surface area contributed by atoms with Crippen molar-refractivity contribution in [3.05, 3.63) is 29.3 Å². The number of aliphatic carboxylic acids is 1. The van der Waals surface area contributed by atoms with Crippen LogP contribution in [0.5, 0.6) is 5.75 Å². The van der Waals surface area contributed by atoms with E-state index in [1.54, 1.807) is 0 Å². The number of nitrogens with zero attached hydrogens (tertiary/aromatic N) is 1. The molecule has 0 radical (unpaired) electrons. The summed E-state index contributed by atoms with van der Waals surface area (Å²) < 4.78 is 58.9. The first-order chi connectivity index (χ1) is 18.0. The maximum Gasteiger partial charge on any atom is 0.305 e. The number of benzene rings is 1. The van der Waals surface area contributed by atoms with Gasteiger partial charge in [-0.3, -0.25) is 24.0 Å². The zero-order chi connectivity index (χ0) is 28.0. The lowest BCUT2D eigenvalue weighted by molar-refractivity contribution is -0.147. The molecule has 0 unspecified atom stereocenters. The molecule has 2 atom stereocenters. The Hall–Kier alpha value is -3.51. The fourth-order valence-electron chi connectivity index (χ4n) is 4.75. The summed E-state index contributed by atoms with van der Waals surface area (Å²) in [5.74, 6) is -14.1. The third kappa shape index (κ3) is 7.29. The van der Waals surface area contributed by atoms with Crippen molar-refractivity contribution in [2.75, 3.05) is 19.7 Å². The molecule has 0 spiro atoms. The first-order valence-electron chi connectivity index (χ1n) is 12.3. The second-order valence-corrected chi connectivity index (χ2v) is 9.58. The van der Waals surface area contributed by atoms with Crippen molar-refractivity contribution in [1.82, 2.24) is 10.2 Å². The van der Waals surface area contributed by atoms with Gasteiger partial charge in [-0.15, -0.1) is 0 Å². The van der Waals surface area contributed by atoms with Crippen molar-refractivity contribution < 1.29 is 51.4 Å². The maximum absolute atomic E-state index is 13.8. The SMILES string of the molecule is O=C(O)C[C@H](NC(=O)[C@@H]1CCCN(C(=O)C(=O)CC2CCCC2)C1)C(=O)COc1c(F)c(F)cc(F)c1F. The smallest absolute Gasteiger partial charge is 0.305 e. The lowest BCUT2D eigenvalue weighted by Crippen LogP contribution is -2.51. The van der Waals surface area contributed by atoms with Gasteiger partial charge in [0.25, 0.3) is 5.91 Å². The first-order valence-corrected chi connectivity index (χ1v) is 12.3. The average molecular weight is 544 g/mol. The number of Topliss-reactive ketones (excluding diaryl/α,β-unsaturated/α-hetero) is 2. The van der Waals surface area contributed by atoms with Gasteiger partial charge in [-0.2, -0.15) is 8.78 Å². The van der Waals surface area contributed by atoms with Gasteiger partial charge in [0.2, 0.25) is 23.3 Å². The predicted molar refractivity (Wildman–Crippen MR) is 122 cm³/mol. The monoisotopic (exact) mass is 544 g/mol. The molecule has 1 aromatic carbocycles. The molecular weight excluding hydrogens is 516 g/mol. The van der Waals surface area contributed by atoms with E-state index in [2.05, 4.69) is 10.1 Å². The Bertz CT molecular complexity index is 1080. The Morgan fingerprint density at radius 3 is 2.24 bits per heavy atom. The summed E-state index contributed by atoms with van der Waals surface area (Å²) in [5.41, 5.74) is 0. The summed E-state index contributed by atoms with van der Waals surface area (Å²) in [4.78, 5) is 63.0. The quantitative estimate of drug-likeness (QED) is 0.249. The molecule has 1 aliphatic heterocycles. The van der Waals surface area contributed by atoms with Crippen LogP contribution in [0, 0.1) is 35.1 Å². The summed E-state index contributed by atoms with van der Waals surface area (Å²) >= 11 is 0. The van der Waals surface area contributed by atoms with Crippen molar-refractivity contribution >= 4 is 29.4 Å². The molecule has 2 N–H and O–H groups in total. The van der Waals surface area contributed by atoms with E-state index in [9.17, 15) is 41.5 Å². The number of carbonyl (C=O) groups is 5. The van der Waals surface area contributed by atoms with Crippen molar-refractivity contribution in [2.45, 2.75) is 57.4 Å². The van der Waals surface area contributed by atoms with Crippen LogP contribution >= 0.6 is 0 Å². The molecule has 1 saturated carbocycles. The van der Waals surface area contributed by atoms with E-state index in [0.29, 0.717) is 12.8 Å².